The summed E-state index contributed by atoms with van der Waals surface area (Å²) in [5, 5.41) is 3.03. The van der Waals surface area contributed by atoms with E-state index in [1.807, 2.05) is 25.1 Å². The monoisotopic (exact) mass is 374 g/mol. The molecule has 1 N–H and O–H groups in total. The van der Waals surface area contributed by atoms with E-state index in [1.54, 1.807) is 18.6 Å². The number of piperidine rings is 1. The van der Waals surface area contributed by atoms with Gasteiger partial charge in [0.15, 0.2) is 0 Å². The van der Waals surface area contributed by atoms with Crippen LogP contribution in [-0.2, 0) is 4.79 Å². The van der Waals surface area contributed by atoms with Gasteiger partial charge in [-0.2, -0.15) is 0 Å². The number of halogens is 1. The Kier molecular flexibility index (Phi) is 4.91. The van der Waals surface area contributed by atoms with Crippen LogP contribution in [0.5, 0.6) is 0 Å². The van der Waals surface area contributed by atoms with Gasteiger partial charge in [-0.3, -0.25) is 9.78 Å². The average molecular weight is 375 g/mol. The highest BCUT2D eigenvalue weighted by Crippen LogP contribution is 2.24. The Morgan fingerprint density at radius 1 is 1.30 bits per heavy atom. The number of carbonyl (C=O) groups excluding carboxylic acids is 1. The molecule has 0 bridgehead atoms. The van der Waals surface area contributed by atoms with Gasteiger partial charge < -0.3 is 10.2 Å². The first-order valence-electron chi connectivity index (χ1n) is 7.71. The largest absolute Gasteiger partial charge is 0.355 e. The van der Waals surface area contributed by atoms with E-state index in [9.17, 15) is 4.79 Å². The van der Waals surface area contributed by atoms with Gasteiger partial charge in [-0.05, 0) is 43.5 Å². The predicted octanol–water partition coefficient (Wildman–Crippen LogP) is 3.40. The molecule has 0 atom stereocenters. The molecule has 2 heterocycles. The van der Waals surface area contributed by atoms with Crippen LogP contribution in [0.2, 0.25) is 0 Å². The SMILES string of the molecule is Cc1cc(NC(=O)C2CCN(c3cnccn3)CC2)ccc1Br. The van der Waals surface area contributed by atoms with Crippen LogP contribution in [0.1, 0.15) is 18.4 Å². The molecule has 6 heteroatoms. The van der Waals surface area contributed by atoms with Crippen LogP contribution >= 0.6 is 15.9 Å². The lowest BCUT2D eigenvalue weighted by atomic mass is 9.96. The van der Waals surface area contributed by atoms with Gasteiger partial charge in [0.05, 0.1) is 6.20 Å². The second-order valence-electron chi connectivity index (χ2n) is 5.78. The molecule has 23 heavy (non-hydrogen) atoms. The molecule has 1 aromatic carbocycles. The van der Waals surface area contributed by atoms with E-state index in [4.69, 9.17) is 0 Å². The van der Waals surface area contributed by atoms with Crippen molar-refractivity contribution in [1.82, 2.24) is 9.97 Å². The van der Waals surface area contributed by atoms with Crippen LogP contribution in [0.3, 0.4) is 0 Å². The van der Waals surface area contributed by atoms with Gasteiger partial charge in [0, 0.05) is 41.6 Å². The van der Waals surface area contributed by atoms with Gasteiger partial charge in [0.25, 0.3) is 0 Å². The first-order chi connectivity index (χ1) is 11.1. The Morgan fingerprint density at radius 2 is 2.09 bits per heavy atom. The number of amides is 1. The van der Waals surface area contributed by atoms with E-state index in [1.165, 1.54) is 0 Å². The maximum atomic E-state index is 12.4. The van der Waals surface area contributed by atoms with Crippen molar-refractivity contribution in [3.63, 3.8) is 0 Å². The van der Waals surface area contributed by atoms with Crippen molar-refractivity contribution in [2.75, 3.05) is 23.3 Å². The van der Waals surface area contributed by atoms with Gasteiger partial charge in [-0.25, -0.2) is 4.98 Å². The van der Waals surface area contributed by atoms with Crippen molar-refractivity contribution in [2.45, 2.75) is 19.8 Å². The van der Waals surface area contributed by atoms with E-state index in [2.05, 4.69) is 36.1 Å². The molecule has 1 aliphatic rings. The van der Waals surface area contributed by atoms with Crippen molar-refractivity contribution in [2.24, 2.45) is 5.92 Å². The molecule has 0 unspecified atom stereocenters. The molecular weight excluding hydrogens is 356 g/mol. The molecule has 120 valence electrons. The summed E-state index contributed by atoms with van der Waals surface area (Å²) in [4.78, 5) is 23.0. The fourth-order valence-electron chi connectivity index (χ4n) is 2.79. The van der Waals surface area contributed by atoms with Crippen LogP contribution in [0.25, 0.3) is 0 Å². The molecule has 1 saturated heterocycles. The van der Waals surface area contributed by atoms with Crippen molar-refractivity contribution in [1.29, 1.82) is 0 Å². The number of hydrogen-bond acceptors (Lipinski definition) is 4. The molecule has 1 amide bonds. The van der Waals surface area contributed by atoms with Gasteiger partial charge >= 0.3 is 0 Å². The summed E-state index contributed by atoms with van der Waals surface area (Å²) in [6.07, 6.45) is 6.80. The Balaban J connectivity index is 1.57. The number of nitrogens with one attached hydrogen (secondary N) is 1. The lowest BCUT2D eigenvalue weighted by Gasteiger charge is -2.31. The number of rotatable bonds is 3. The summed E-state index contributed by atoms with van der Waals surface area (Å²) in [5.41, 5.74) is 1.97. The summed E-state index contributed by atoms with van der Waals surface area (Å²) < 4.78 is 1.05. The minimum Gasteiger partial charge on any atom is -0.355 e. The Hall–Kier alpha value is -1.95. The van der Waals surface area contributed by atoms with Crippen molar-refractivity contribution < 1.29 is 4.79 Å². The zero-order valence-corrected chi connectivity index (χ0v) is 14.6. The second-order valence-corrected chi connectivity index (χ2v) is 6.63. The summed E-state index contributed by atoms with van der Waals surface area (Å²) in [7, 11) is 0. The Morgan fingerprint density at radius 3 is 2.74 bits per heavy atom. The van der Waals surface area contributed by atoms with E-state index in [-0.39, 0.29) is 11.8 Å². The number of benzene rings is 1. The lowest BCUT2D eigenvalue weighted by molar-refractivity contribution is -0.120. The highest BCUT2D eigenvalue weighted by Gasteiger charge is 2.25. The topological polar surface area (TPSA) is 58.1 Å². The van der Waals surface area contributed by atoms with Crippen LogP contribution < -0.4 is 10.2 Å². The third kappa shape index (κ3) is 3.88. The maximum absolute atomic E-state index is 12.4. The van der Waals surface area contributed by atoms with Crippen LogP contribution in [0.4, 0.5) is 11.5 Å². The standard InChI is InChI=1S/C17H19BrN4O/c1-12-10-14(2-3-15(12)18)21-17(23)13-4-8-22(9-5-13)16-11-19-6-7-20-16/h2-3,6-7,10-11,13H,4-5,8-9H2,1H3,(H,21,23). The second kappa shape index (κ2) is 7.08. The zero-order chi connectivity index (χ0) is 16.2. The Labute approximate surface area is 144 Å². The molecule has 1 aliphatic heterocycles. The average Bonchev–Trinajstić information content (AvgIpc) is 2.59. The number of aromatic nitrogens is 2. The van der Waals surface area contributed by atoms with Crippen LogP contribution in [0, 0.1) is 12.8 Å². The van der Waals surface area contributed by atoms with E-state index < -0.39 is 0 Å². The molecular formula is C17H19BrN4O. The van der Waals surface area contributed by atoms with E-state index in [0.29, 0.717) is 0 Å². The number of carbonyl (C=O) groups is 1. The van der Waals surface area contributed by atoms with Crippen molar-refractivity contribution in [3.05, 3.63) is 46.8 Å². The summed E-state index contributed by atoms with van der Waals surface area (Å²) in [6, 6.07) is 5.86. The molecule has 1 fully saturated rings. The van der Waals surface area contributed by atoms with Crippen molar-refractivity contribution >= 4 is 33.3 Å². The highest BCUT2D eigenvalue weighted by atomic mass is 79.9. The number of aryl methyl sites for hydroxylation is 1. The van der Waals surface area contributed by atoms with E-state index in [0.717, 1.165) is 47.5 Å². The van der Waals surface area contributed by atoms with E-state index >= 15 is 0 Å². The lowest BCUT2D eigenvalue weighted by Crippen LogP contribution is -2.38. The minimum absolute atomic E-state index is 0.0480. The fourth-order valence-corrected chi connectivity index (χ4v) is 3.04. The maximum Gasteiger partial charge on any atom is 0.227 e. The molecule has 3 rings (SSSR count). The number of hydrogen-bond donors (Lipinski definition) is 1. The fraction of sp³-hybridized carbons (Fsp3) is 0.353. The first kappa shape index (κ1) is 15.9. The number of nitrogens with zero attached hydrogens (tertiary/aromatic N) is 3. The van der Waals surface area contributed by atoms with Gasteiger partial charge in [0.1, 0.15) is 5.82 Å². The molecule has 2 aromatic rings. The predicted molar refractivity (Wildman–Crippen MR) is 94.5 cm³/mol. The number of anilines is 2. The molecule has 0 spiro atoms. The summed E-state index contributed by atoms with van der Waals surface area (Å²) >= 11 is 3.47. The van der Waals surface area contributed by atoms with Gasteiger partial charge in [-0.1, -0.05) is 15.9 Å². The molecule has 5 nitrogen and oxygen atoms in total. The van der Waals surface area contributed by atoms with Crippen LogP contribution in [-0.4, -0.2) is 29.0 Å². The minimum atomic E-state index is 0.0480. The summed E-state index contributed by atoms with van der Waals surface area (Å²) in [5.74, 6) is 1.03. The van der Waals surface area contributed by atoms with Crippen molar-refractivity contribution in [3.8, 4) is 0 Å². The van der Waals surface area contributed by atoms with Gasteiger partial charge in [-0.15, -0.1) is 0 Å². The third-order valence-corrected chi connectivity index (χ3v) is 5.05. The molecule has 0 aliphatic carbocycles. The van der Waals surface area contributed by atoms with Gasteiger partial charge in [0.2, 0.25) is 5.91 Å². The third-order valence-electron chi connectivity index (χ3n) is 4.16. The molecule has 1 aromatic heterocycles. The van der Waals surface area contributed by atoms with Crippen LogP contribution in [0.15, 0.2) is 41.3 Å². The highest BCUT2D eigenvalue weighted by molar-refractivity contribution is 9.10. The zero-order valence-electron chi connectivity index (χ0n) is 13.0. The summed E-state index contributed by atoms with van der Waals surface area (Å²) in [6.45, 7) is 3.67. The normalized spacial score (nSPS) is 15.5. The quantitative estimate of drug-likeness (QED) is 0.894. The molecule has 0 radical (unpaired) electrons. The smallest absolute Gasteiger partial charge is 0.227 e. The first-order valence-corrected chi connectivity index (χ1v) is 8.51. The molecule has 0 saturated carbocycles. The Bertz CT molecular complexity index is 684.